The van der Waals surface area contributed by atoms with Gasteiger partial charge in [0.05, 0.1) is 51.1 Å². The van der Waals surface area contributed by atoms with Gasteiger partial charge >= 0.3 is 23.9 Å². The van der Waals surface area contributed by atoms with Crippen LogP contribution in [-0.2, 0) is 71.0 Å². The van der Waals surface area contributed by atoms with Gasteiger partial charge in [-0.3, -0.25) is 33.3 Å². The van der Waals surface area contributed by atoms with Crippen LogP contribution in [0.2, 0.25) is 0 Å². The van der Waals surface area contributed by atoms with Gasteiger partial charge in [-0.15, -0.1) is 0 Å². The van der Waals surface area contributed by atoms with Gasteiger partial charge in [-0.25, -0.2) is 0 Å². The van der Waals surface area contributed by atoms with Gasteiger partial charge in [0.1, 0.15) is 48.7 Å². The van der Waals surface area contributed by atoms with Crippen LogP contribution >= 0.6 is 7.82 Å². The van der Waals surface area contributed by atoms with Crippen LogP contribution in [0.25, 0.3) is 0 Å². The number of esters is 4. The summed E-state index contributed by atoms with van der Waals surface area (Å²) in [5.41, 5.74) is 0. The lowest BCUT2D eigenvalue weighted by atomic mass is 9.95. The monoisotopic (exact) mass is 1720 g/mol. The van der Waals surface area contributed by atoms with Crippen molar-refractivity contribution in [1.29, 1.82) is 0 Å². The molecule has 2 fully saturated rings. The largest absolute Gasteiger partial charge is 0.756 e. The van der Waals surface area contributed by atoms with Crippen LogP contribution in [0.5, 0.6) is 0 Å². The molecular formula is C94H176N2O22P-. The number of phosphoric acid groups is 1. The number of hydrogen-bond donors (Lipinski definition) is 8. The summed E-state index contributed by atoms with van der Waals surface area (Å²) < 4.78 is 61.5. The molecule has 8 N–H and O–H groups in total. The number of carbonyl (C=O) groups is 6. The van der Waals surface area contributed by atoms with Crippen molar-refractivity contribution in [2.75, 3.05) is 13.2 Å². The van der Waals surface area contributed by atoms with E-state index in [1.54, 1.807) is 0 Å². The Bertz CT molecular complexity index is 2520. The van der Waals surface area contributed by atoms with Crippen molar-refractivity contribution in [3.05, 3.63) is 0 Å². The predicted molar refractivity (Wildman–Crippen MR) is 467 cm³/mol. The maximum Gasteiger partial charge on any atom is 0.310 e. The highest BCUT2D eigenvalue weighted by molar-refractivity contribution is 7.44. The number of nitrogens with one attached hydrogen (secondary N) is 2. The summed E-state index contributed by atoms with van der Waals surface area (Å²) in [5.74, 6) is -4.62. The maximum atomic E-state index is 15.1. The first-order valence-electron chi connectivity index (χ1n) is 49.0. The molecule has 2 rings (SSSR count). The highest BCUT2D eigenvalue weighted by atomic mass is 31.2. The minimum atomic E-state index is -5.87. The van der Waals surface area contributed by atoms with Crippen molar-refractivity contribution in [3.63, 3.8) is 0 Å². The highest BCUT2D eigenvalue weighted by Crippen LogP contribution is 2.40. The van der Waals surface area contributed by atoms with E-state index in [0.717, 1.165) is 225 Å². The molecule has 25 heteroatoms. The van der Waals surface area contributed by atoms with Crippen molar-refractivity contribution in [2.45, 2.75) is 551 Å². The number of phosphoric ester groups is 1. The Balaban J connectivity index is 2.73. The Morgan fingerprint density at radius 3 is 1.05 bits per heavy atom. The number of aliphatic hydroxyl groups excluding tert-OH is 5. The minimum Gasteiger partial charge on any atom is -0.756 e. The molecule has 2 amide bonds. The second-order valence-electron chi connectivity index (χ2n) is 34.9. The molecule has 15 atom stereocenters. The van der Waals surface area contributed by atoms with Crippen molar-refractivity contribution in [3.8, 4) is 0 Å². The first-order valence-corrected chi connectivity index (χ1v) is 50.5. The van der Waals surface area contributed by atoms with Crippen LogP contribution in [0.1, 0.15) is 465 Å². The fourth-order valence-corrected chi connectivity index (χ4v) is 16.9. The van der Waals surface area contributed by atoms with Gasteiger partial charge in [0.15, 0.2) is 24.8 Å². The van der Waals surface area contributed by atoms with Gasteiger partial charge in [-0.05, 0) is 51.4 Å². The Kier molecular flexibility index (Phi) is 70.2. The molecule has 0 aromatic carbocycles. The SMILES string of the molecule is CCCCCCCCCCCCCC(=O)O[C@H](CCCCCCCCCCC)CC(=O)O[C@@H]1[C@@H](NC(=O)C[C@@H](CCCCCCCCCCC)OC(=O)CCCCCCCCCCC)[C@H](OC[C@H]2O[C@H](O)[C@H](NC(=O)C[C@H](O)CCCCCCCCCCC)[C@@H](OC(=O)C[C@H](O)CCCCCCCCCCC)[C@@H]2O)O[C@H](CO)[C@H]1OP(=O)([O-])O. The van der Waals surface area contributed by atoms with E-state index in [-0.39, 0.29) is 32.1 Å². The lowest BCUT2D eigenvalue weighted by molar-refractivity contribution is -0.304. The van der Waals surface area contributed by atoms with Gasteiger partial charge in [0.2, 0.25) is 11.8 Å². The molecule has 2 heterocycles. The molecule has 0 radical (unpaired) electrons. The summed E-state index contributed by atoms with van der Waals surface area (Å²) in [6.07, 6.45) is 37.6. The fraction of sp³-hybridized carbons (Fsp3) is 0.936. The third-order valence-corrected chi connectivity index (χ3v) is 24.1. The second-order valence-corrected chi connectivity index (χ2v) is 36.1. The van der Waals surface area contributed by atoms with Gasteiger partial charge in [0.25, 0.3) is 7.82 Å². The van der Waals surface area contributed by atoms with E-state index in [1.165, 1.54) is 96.3 Å². The van der Waals surface area contributed by atoms with Crippen molar-refractivity contribution in [1.82, 2.24) is 10.6 Å². The van der Waals surface area contributed by atoms with Crippen molar-refractivity contribution in [2.24, 2.45) is 0 Å². The van der Waals surface area contributed by atoms with Crippen LogP contribution in [0.3, 0.4) is 0 Å². The molecule has 0 saturated carbocycles. The second kappa shape index (κ2) is 74.8. The lowest BCUT2D eigenvalue weighted by Crippen LogP contribution is -2.68. The van der Waals surface area contributed by atoms with Crippen molar-refractivity contribution < 1.29 is 106 Å². The van der Waals surface area contributed by atoms with Gasteiger partial charge in [-0.2, -0.15) is 0 Å². The van der Waals surface area contributed by atoms with Crippen LogP contribution < -0.4 is 15.5 Å². The Labute approximate surface area is 721 Å². The molecule has 2 saturated heterocycles. The molecule has 2 aliphatic rings. The molecule has 2 aliphatic heterocycles. The zero-order valence-electron chi connectivity index (χ0n) is 75.8. The number of aliphatic hydroxyl groups is 5. The summed E-state index contributed by atoms with van der Waals surface area (Å²) in [7, 11) is -5.87. The summed E-state index contributed by atoms with van der Waals surface area (Å²) in [6.45, 7) is 11.2. The molecule has 24 nitrogen and oxygen atoms in total. The average Bonchev–Trinajstić information content (AvgIpc) is 0.784. The Hall–Kier alpha value is -3.39. The molecular weight excluding hydrogens is 1540 g/mol. The number of ether oxygens (including phenoxy) is 7. The lowest BCUT2D eigenvalue weighted by Gasteiger charge is -2.47. The zero-order valence-corrected chi connectivity index (χ0v) is 76.7. The van der Waals surface area contributed by atoms with E-state index in [0.29, 0.717) is 44.9 Å². The molecule has 0 spiro atoms. The summed E-state index contributed by atoms with van der Waals surface area (Å²) in [4.78, 5) is 109. The molecule has 0 bridgehead atoms. The van der Waals surface area contributed by atoms with E-state index < -0.39 is 168 Å². The van der Waals surface area contributed by atoms with E-state index in [1.807, 2.05) is 0 Å². The fourth-order valence-electron chi connectivity index (χ4n) is 16.4. The number of carbonyl (C=O) groups excluding carboxylic acids is 6. The quantitative estimate of drug-likeness (QED) is 0.0121. The molecule has 1 unspecified atom stereocenters. The predicted octanol–water partition coefficient (Wildman–Crippen LogP) is 19.8. The summed E-state index contributed by atoms with van der Waals surface area (Å²) in [6, 6.07) is -3.50. The normalized spacial score (nSPS) is 20.9. The number of amides is 2. The number of unbranched alkanes of at least 4 members (excludes halogenated alkanes) is 50. The zero-order chi connectivity index (χ0) is 87.2. The first kappa shape index (κ1) is 112. The number of rotatable bonds is 82. The van der Waals surface area contributed by atoms with Crippen LogP contribution in [-0.4, -0.2) is 165 Å². The van der Waals surface area contributed by atoms with E-state index in [9.17, 15) is 63.9 Å². The average molecular weight is 1720 g/mol. The maximum absolute atomic E-state index is 15.1. The van der Waals surface area contributed by atoms with Crippen LogP contribution in [0, 0.1) is 0 Å². The van der Waals surface area contributed by atoms with Gasteiger partial charge in [0, 0.05) is 12.8 Å². The third kappa shape index (κ3) is 59.3. The summed E-state index contributed by atoms with van der Waals surface area (Å²) >= 11 is 0. The smallest absolute Gasteiger partial charge is 0.310 e. The summed E-state index contributed by atoms with van der Waals surface area (Å²) in [5, 5.41) is 63.2. The minimum absolute atomic E-state index is 0.104. The Morgan fingerprint density at radius 2 is 0.681 bits per heavy atom. The topological polar surface area (TPSA) is 362 Å². The van der Waals surface area contributed by atoms with Crippen LogP contribution in [0.4, 0.5) is 0 Å². The molecule has 119 heavy (non-hydrogen) atoms. The number of hydrogen-bond acceptors (Lipinski definition) is 21. The molecule has 0 aromatic heterocycles. The molecule has 0 aliphatic carbocycles. The van der Waals surface area contributed by atoms with Gasteiger partial charge < -0.3 is 83.6 Å². The van der Waals surface area contributed by atoms with E-state index >= 15 is 4.79 Å². The standard InChI is InChI=1S/C94H177N2O22P/c1-7-13-19-25-31-37-38-44-50-56-62-68-84(103)113-78(66-60-54-48-42-35-29-23-17-11-5)72-86(105)117-92-88(96-82(101)71-77(65-59-53-47-41-34-28-22-16-10-4)112-83(102)67-61-55-49-43-36-30-24-18-12-6)94(115-79(73-97)90(92)118-119(108,109)110)111-74-80-89(106)91(116-85(104)70-76(99)64-58-52-46-40-33-27-21-15-9-3)87(93(107)114-80)95-81(100)69-75(98)63-57-51-45-39-32-26-20-14-8-2/h75-80,87-94,97-99,106-107H,7-74H2,1-6H3,(H,95,100)(H,96,101)(H2,108,109,110)/p-1/t75-,76-,77-,78-,79-,80-,87-,88-,89-,90-,91-,92-,93+,94-/m1/s1. The highest BCUT2D eigenvalue weighted by Gasteiger charge is 2.53. The van der Waals surface area contributed by atoms with Gasteiger partial charge in [-0.1, -0.05) is 375 Å². The Morgan fingerprint density at radius 1 is 0.370 bits per heavy atom. The molecule has 0 aromatic rings. The van der Waals surface area contributed by atoms with Crippen molar-refractivity contribution >= 4 is 43.5 Å². The van der Waals surface area contributed by atoms with E-state index in [4.69, 9.17) is 37.7 Å². The van der Waals surface area contributed by atoms with Crippen LogP contribution in [0.15, 0.2) is 0 Å². The third-order valence-electron chi connectivity index (χ3n) is 23.6. The van der Waals surface area contributed by atoms with E-state index in [2.05, 4.69) is 52.2 Å². The first-order chi connectivity index (χ1) is 57.6. The molecule has 700 valence electrons.